The Morgan fingerprint density at radius 3 is 3.09 bits per heavy atom. The Balaban J connectivity index is 1.40. The molecule has 0 radical (unpaired) electrons. The van der Waals surface area contributed by atoms with Gasteiger partial charge in [-0.05, 0) is 36.3 Å². The van der Waals surface area contributed by atoms with Gasteiger partial charge in [0.1, 0.15) is 0 Å². The molecule has 0 saturated heterocycles. The molecule has 0 bridgehead atoms. The number of nitrogens with zero attached hydrogens (tertiary/aromatic N) is 2. The minimum absolute atomic E-state index is 0.139. The van der Waals surface area contributed by atoms with Crippen LogP contribution in [0.4, 0.5) is 0 Å². The molecular formula is C17H20ClN3O. The molecule has 1 atom stereocenters. The molecule has 1 aliphatic rings. The average Bonchev–Trinajstić information content (AvgIpc) is 3.11. The molecule has 4 nitrogen and oxygen atoms in total. The SMILES string of the molecule is O=C(C[C@H]1CCc2ccccc21)NCCCn1cc(Cl)cn1. The number of amides is 1. The van der Waals surface area contributed by atoms with Crippen LogP contribution in [0.3, 0.4) is 0 Å². The van der Waals surface area contributed by atoms with Gasteiger partial charge in [-0.15, -0.1) is 0 Å². The molecule has 0 unspecified atom stereocenters. The smallest absolute Gasteiger partial charge is 0.220 e. The third kappa shape index (κ3) is 3.69. The van der Waals surface area contributed by atoms with Gasteiger partial charge in [-0.3, -0.25) is 9.48 Å². The Kier molecular flexibility index (Phi) is 4.78. The number of nitrogens with one attached hydrogen (secondary N) is 1. The van der Waals surface area contributed by atoms with Gasteiger partial charge < -0.3 is 5.32 Å². The van der Waals surface area contributed by atoms with Crippen LogP contribution in [-0.4, -0.2) is 22.2 Å². The molecule has 1 N–H and O–H groups in total. The summed E-state index contributed by atoms with van der Waals surface area (Å²) in [6.45, 7) is 1.43. The van der Waals surface area contributed by atoms with E-state index in [1.807, 2.05) is 0 Å². The van der Waals surface area contributed by atoms with E-state index in [1.165, 1.54) is 11.1 Å². The summed E-state index contributed by atoms with van der Waals surface area (Å²) >= 11 is 5.81. The lowest BCUT2D eigenvalue weighted by Crippen LogP contribution is -2.26. The molecule has 3 rings (SSSR count). The van der Waals surface area contributed by atoms with Gasteiger partial charge in [0, 0.05) is 25.7 Å². The van der Waals surface area contributed by atoms with E-state index < -0.39 is 0 Å². The highest BCUT2D eigenvalue weighted by Gasteiger charge is 2.23. The van der Waals surface area contributed by atoms with E-state index in [9.17, 15) is 4.79 Å². The van der Waals surface area contributed by atoms with Crippen LogP contribution in [0.1, 0.15) is 36.3 Å². The summed E-state index contributed by atoms with van der Waals surface area (Å²) in [5.41, 5.74) is 2.75. The topological polar surface area (TPSA) is 46.9 Å². The van der Waals surface area contributed by atoms with Gasteiger partial charge in [-0.1, -0.05) is 35.9 Å². The lowest BCUT2D eigenvalue weighted by molar-refractivity contribution is -0.121. The van der Waals surface area contributed by atoms with Gasteiger partial charge in [0.05, 0.1) is 11.2 Å². The van der Waals surface area contributed by atoms with Gasteiger partial charge in [0.2, 0.25) is 5.91 Å². The zero-order valence-electron chi connectivity index (χ0n) is 12.5. The van der Waals surface area contributed by atoms with Crippen molar-refractivity contribution in [2.45, 2.75) is 38.1 Å². The average molecular weight is 318 g/mol. The van der Waals surface area contributed by atoms with Crippen molar-refractivity contribution in [2.24, 2.45) is 0 Å². The van der Waals surface area contributed by atoms with Crippen molar-refractivity contribution in [3.63, 3.8) is 0 Å². The molecule has 2 aromatic rings. The maximum Gasteiger partial charge on any atom is 0.220 e. The summed E-state index contributed by atoms with van der Waals surface area (Å²) in [6.07, 6.45) is 7.03. The van der Waals surface area contributed by atoms with Crippen LogP contribution >= 0.6 is 11.6 Å². The van der Waals surface area contributed by atoms with Gasteiger partial charge >= 0.3 is 0 Å². The van der Waals surface area contributed by atoms with Gasteiger partial charge in [0.15, 0.2) is 0 Å². The first-order chi connectivity index (χ1) is 10.7. The number of benzene rings is 1. The van der Waals surface area contributed by atoms with E-state index in [4.69, 9.17) is 11.6 Å². The van der Waals surface area contributed by atoms with Crippen molar-refractivity contribution in [3.8, 4) is 0 Å². The predicted molar refractivity (Wildman–Crippen MR) is 87.0 cm³/mol. The van der Waals surface area contributed by atoms with Gasteiger partial charge in [-0.2, -0.15) is 5.10 Å². The van der Waals surface area contributed by atoms with Crippen molar-refractivity contribution >= 4 is 17.5 Å². The monoisotopic (exact) mass is 317 g/mol. The molecule has 22 heavy (non-hydrogen) atoms. The second-order valence-electron chi connectivity index (χ2n) is 5.76. The molecule has 1 aromatic heterocycles. The normalized spacial score (nSPS) is 16.5. The minimum Gasteiger partial charge on any atom is -0.356 e. The predicted octanol–water partition coefficient (Wildman–Crippen LogP) is 3.16. The Morgan fingerprint density at radius 1 is 1.41 bits per heavy atom. The molecule has 116 valence electrons. The number of carbonyl (C=O) groups excluding carboxylic acids is 1. The second kappa shape index (κ2) is 6.97. The number of rotatable bonds is 6. The number of fused-ring (bicyclic) bond motifs is 1. The first-order valence-corrected chi connectivity index (χ1v) is 8.12. The van der Waals surface area contributed by atoms with Crippen LogP contribution in [0.25, 0.3) is 0 Å². The summed E-state index contributed by atoms with van der Waals surface area (Å²) in [6, 6.07) is 8.46. The third-order valence-corrected chi connectivity index (χ3v) is 4.37. The molecule has 0 saturated carbocycles. The van der Waals surface area contributed by atoms with Crippen molar-refractivity contribution < 1.29 is 4.79 Å². The summed E-state index contributed by atoms with van der Waals surface area (Å²) in [7, 11) is 0. The van der Waals surface area contributed by atoms with E-state index in [0.717, 1.165) is 25.8 Å². The number of aromatic nitrogens is 2. The van der Waals surface area contributed by atoms with E-state index >= 15 is 0 Å². The van der Waals surface area contributed by atoms with E-state index in [2.05, 4.69) is 34.7 Å². The Labute approximate surface area is 135 Å². The zero-order valence-corrected chi connectivity index (χ0v) is 13.2. The highest BCUT2D eigenvalue weighted by Crippen LogP contribution is 2.34. The third-order valence-electron chi connectivity index (χ3n) is 4.18. The number of aryl methyl sites for hydroxylation is 2. The first-order valence-electron chi connectivity index (χ1n) is 7.75. The number of hydrogen-bond acceptors (Lipinski definition) is 2. The molecule has 5 heteroatoms. The standard InChI is InChI=1S/C17H20ClN3O/c18-15-11-20-21(12-15)9-3-8-19-17(22)10-14-7-6-13-4-1-2-5-16(13)14/h1-2,4-5,11-12,14H,3,6-10H2,(H,19,22)/t14-/m1/s1. The van der Waals surface area contributed by atoms with Crippen LogP contribution in [0.5, 0.6) is 0 Å². The molecule has 0 spiro atoms. The van der Waals surface area contributed by atoms with E-state index in [0.29, 0.717) is 23.9 Å². The fourth-order valence-electron chi connectivity index (χ4n) is 3.08. The van der Waals surface area contributed by atoms with Crippen molar-refractivity contribution in [1.29, 1.82) is 0 Å². The molecule has 0 aliphatic heterocycles. The molecule has 0 fully saturated rings. The number of hydrogen-bond donors (Lipinski definition) is 1. The van der Waals surface area contributed by atoms with Gasteiger partial charge in [0.25, 0.3) is 0 Å². The highest BCUT2D eigenvalue weighted by molar-refractivity contribution is 6.30. The molecule has 1 heterocycles. The van der Waals surface area contributed by atoms with Crippen LogP contribution in [0.15, 0.2) is 36.7 Å². The van der Waals surface area contributed by atoms with Crippen molar-refractivity contribution in [2.75, 3.05) is 6.54 Å². The maximum absolute atomic E-state index is 12.1. The molecule has 1 aliphatic carbocycles. The number of halogens is 1. The molecule has 1 amide bonds. The van der Waals surface area contributed by atoms with Crippen LogP contribution in [0.2, 0.25) is 5.02 Å². The molecule has 1 aromatic carbocycles. The second-order valence-corrected chi connectivity index (χ2v) is 6.20. The molecular weight excluding hydrogens is 298 g/mol. The minimum atomic E-state index is 0.139. The summed E-state index contributed by atoms with van der Waals surface area (Å²) < 4.78 is 1.79. The number of carbonyl (C=O) groups is 1. The Morgan fingerprint density at radius 2 is 2.27 bits per heavy atom. The van der Waals surface area contributed by atoms with E-state index in [-0.39, 0.29) is 5.91 Å². The van der Waals surface area contributed by atoms with Crippen LogP contribution in [0, 0.1) is 0 Å². The fourth-order valence-corrected chi connectivity index (χ4v) is 3.24. The summed E-state index contributed by atoms with van der Waals surface area (Å²) in [5, 5.41) is 7.76. The quantitative estimate of drug-likeness (QED) is 0.832. The Bertz CT molecular complexity index is 653. The van der Waals surface area contributed by atoms with Crippen molar-refractivity contribution in [1.82, 2.24) is 15.1 Å². The van der Waals surface area contributed by atoms with E-state index in [1.54, 1.807) is 17.1 Å². The lowest BCUT2D eigenvalue weighted by Gasteiger charge is -2.11. The van der Waals surface area contributed by atoms with Crippen LogP contribution in [-0.2, 0) is 17.8 Å². The fraction of sp³-hybridized carbons (Fsp3) is 0.412. The Hall–Kier alpha value is -1.81. The van der Waals surface area contributed by atoms with Gasteiger partial charge in [-0.25, -0.2) is 0 Å². The maximum atomic E-state index is 12.1. The zero-order chi connectivity index (χ0) is 15.4. The highest BCUT2D eigenvalue weighted by atomic mass is 35.5. The summed E-state index contributed by atoms with van der Waals surface area (Å²) in [4.78, 5) is 12.1. The largest absolute Gasteiger partial charge is 0.356 e. The van der Waals surface area contributed by atoms with Crippen molar-refractivity contribution in [3.05, 3.63) is 52.8 Å². The summed E-state index contributed by atoms with van der Waals surface area (Å²) in [5.74, 6) is 0.515. The van der Waals surface area contributed by atoms with Crippen LogP contribution < -0.4 is 5.32 Å². The first kappa shape index (κ1) is 15.1. The lowest BCUT2D eigenvalue weighted by atomic mass is 9.97.